The summed E-state index contributed by atoms with van der Waals surface area (Å²) in [6, 6.07) is 8.83. The molecule has 1 fully saturated rings. The van der Waals surface area contributed by atoms with Gasteiger partial charge in [-0.1, -0.05) is 0 Å². The van der Waals surface area contributed by atoms with E-state index in [9.17, 15) is 9.59 Å². The van der Waals surface area contributed by atoms with Crippen LogP contribution in [0, 0.1) is 19.8 Å². The molecule has 0 atom stereocenters. The fraction of sp³-hybridized carbons (Fsp3) is 0.278. The number of hydrogen-bond donors (Lipinski definition) is 2. The quantitative estimate of drug-likeness (QED) is 0.752. The molecule has 2 aromatic heterocycles. The van der Waals surface area contributed by atoms with Gasteiger partial charge in [0.25, 0.3) is 11.7 Å². The number of amides is 2. The van der Waals surface area contributed by atoms with E-state index in [0.29, 0.717) is 17.2 Å². The number of hydrogen-bond acceptors (Lipinski definition) is 5. The second-order valence-electron chi connectivity index (χ2n) is 6.48. The van der Waals surface area contributed by atoms with Crippen molar-refractivity contribution in [2.45, 2.75) is 26.7 Å². The fourth-order valence-corrected chi connectivity index (χ4v) is 2.68. The van der Waals surface area contributed by atoms with Crippen LogP contribution in [-0.2, 0) is 4.79 Å². The van der Waals surface area contributed by atoms with Crippen LogP contribution in [0.3, 0.4) is 0 Å². The molecular weight excluding hydrogens is 332 g/mol. The first-order valence-corrected chi connectivity index (χ1v) is 8.43. The molecule has 0 unspecified atom stereocenters. The maximum atomic E-state index is 12.4. The summed E-state index contributed by atoms with van der Waals surface area (Å²) in [6.07, 6.45) is 1.92. The summed E-state index contributed by atoms with van der Waals surface area (Å²) in [4.78, 5) is 32.6. The molecule has 2 amide bonds. The van der Waals surface area contributed by atoms with Crippen LogP contribution >= 0.6 is 0 Å². The minimum absolute atomic E-state index is 0.0499. The van der Waals surface area contributed by atoms with Gasteiger partial charge in [-0.2, -0.15) is 4.98 Å². The maximum Gasteiger partial charge on any atom is 0.295 e. The van der Waals surface area contributed by atoms with E-state index >= 15 is 0 Å². The van der Waals surface area contributed by atoms with Crippen LogP contribution in [0.4, 0.5) is 11.4 Å². The number of fused-ring (bicyclic) bond motifs is 1. The minimum atomic E-state index is -0.415. The molecule has 8 nitrogen and oxygen atoms in total. The number of carbonyl (C=O) groups is 2. The molecule has 8 heteroatoms. The first-order chi connectivity index (χ1) is 12.5. The van der Waals surface area contributed by atoms with Crippen molar-refractivity contribution >= 4 is 29.0 Å². The Morgan fingerprint density at radius 2 is 1.69 bits per heavy atom. The van der Waals surface area contributed by atoms with Gasteiger partial charge in [0.2, 0.25) is 11.7 Å². The number of benzene rings is 1. The Kier molecular flexibility index (Phi) is 3.87. The van der Waals surface area contributed by atoms with Gasteiger partial charge in [0.15, 0.2) is 0 Å². The highest BCUT2D eigenvalue weighted by atomic mass is 16.2. The first-order valence-electron chi connectivity index (χ1n) is 8.43. The van der Waals surface area contributed by atoms with E-state index in [4.69, 9.17) is 0 Å². The number of anilines is 2. The zero-order chi connectivity index (χ0) is 18.3. The predicted octanol–water partition coefficient (Wildman–Crippen LogP) is 2.34. The predicted molar refractivity (Wildman–Crippen MR) is 96.0 cm³/mol. The summed E-state index contributed by atoms with van der Waals surface area (Å²) in [5, 5.41) is 9.82. The van der Waals surface area contributed by atoms with Crippen LogP contribution in [-0.4, -0.2) is 31.4 Å². The zero-order valence-electron chi connectivity index (χ0n) is 14.5. The van der Waals surface area contributed by atoms with E-state index in [-0.39, 0.29) is 17.6 Å². The highest BCUT2D eigenvalue weighted by Crippen LogP contribution is 2.30. The smallest absolute Gasteiger partial charge is 0.295 e. The van der Waals surface area contributed by atoms with Crippen molar-refractivity contribution in [1.82, 2.24) is 19.6 Å². The van der Waals surface area contributed by atoms with Gasteiger partial charge in [-0.05, 0) is 57.0 Å². The summed E-state index contributed by atoms with van der Waals surface area (Å²) < 4.78 is 1.54. The standard InChI is InChI=1S/C18H18N6O2/c1-10-9-11(2)24-18(19-10)22-15(23-24)17(26)21-14-7-5-13(6-8-14)20-16(25)12-3-4-12/h5-9,12H,3-4H2,1-2H3,(H,20,25)(H,21,26). The van der Waals surface area contributed by atoms with Crippen molar-refractivity contribution < 1.29 is 9.59 Å². The molecule has 132 valence electrons. The van der Waals surface area contributed by atoms with E-state index < -0.39 is 5.91 Å². The van der Waals surface area contributed by atoms with Gasteiger partial charge in [-0.25, -0.2) is 9.50 Å². The van der Waals surface area contributed by atoms with Crippen LogP contribution in [0.2, 0.25) is 0 Å². The van der Waals surface area contributed by atoms with Gasteiger partial charge < -0.3 is 10.6 Å². The Balaban J connectivity index is 1.47. The molecule has 3 aromatic rings. The monoisotopic (exact) mass is 350 g/mol. The average molecular weight is 350 g/mol. The highest BCUT2D eigenvalue weighted by molar-refractivity contribution is 6.02. The summed E-state index contributed by atoms with van der Waals surface area (Å²) >= 11 is 0. The molecule has 1 aliphatic rings. The molecule has 0 aliphatic heterocycles. The fourth-order valence-electron chi connectivity index (χ4n) is 2.68. The van der Waals surface area contributed by atoms with Crippen molar-refractivity contribution in [3.05, 3.63) is 47.5 Å². The summed E-state index contributed by atoms with van der Waals surface area (Å²) in [6.45, 7) is 3.75. The van der Waals surface area contributed by atoms with Crippen molar-refractivity contribution in [1.29, 1.82) is 0 Å². The maximum absolute atomic E-state index is 12.4. The van der Waals surface area contributed by atoms with Crippen LogP contribution < -0.4 is 10.6 Å². The lowest BCUT2D eigenvalue weighted by atomic mass is 10.2. The Hall–Kier alpha value is -3.29. The van der Waals surface area contributed by atoms with E-state index in [1.54, 1.807) is 28.8 Å². The highest BCUT2D eigenvalue weighted by Gasteiger charge is 2.29. The zero-order valence-corrected chi connectivity index (χ0v) is 14.5. The Labute approximate surface area is 149 Å². The lowest BCUT2D eigenvalue weighted by molar-refractivity contribution is -0.117. The Morgan fingerprint density at radius 3 is 2.35 bits per heavy atom. The number of carbonyl (C=O) groups excluding carboxylic acids is 2. The van der Waals surface area contributed by atoms with Gasteiger partial charge in [-0.15, -0.1) is 5.10 Å². The van der Waals surface area contributed by atoms with Crippen LogP contribution in [0.1, 0.15) is 34.8 Å². The van der Waals surface area contributed by atoms with Gasteiger partial charge >= 0.3 is 0 Å². The molecule has 0 saturated heterocycles. The summed E-state index contributed by atoms with van der Waals surface area (Å²) in [5.41, 5.74) is 2.98. The third-order valence-electron chi connectivity index (χ3n) is 4.18. The van der Waals surface area contributed by atoms with Crippen LogP contribution in [0.15, 0.2) is 30.3 Å². The number of rotatable bonds is 4. The van der Waals surface area contributed by atoms with E-state index in [1.807, 2.05) is 19.9 Å². The molecule has 4 rings (SSSR count). The van der Waals surface area contributed by atoms with Crippen molar-refractivity contribution in [2.75, 3.05) is 10.6 Å². The molecule has 0 radical (unpaired) electrons. The second-order valence-corrected chi connectivity index (χ2v) is 6.48. The van der Waals surface area contributed by atoms with E-state index in [2.05, 4.69) is 25.7 Å². The number of nitrogens with one attached hydrogen (secondary N) is 2. The van der Waals surface area contributed by atoms with Gasteiger partial charge in [-0.3, -0.25) is 9.59 Å². The Bertz CT molecular complexity index is 1000. The molecular formula is C18H18N6O2. The third kappa shape index (κ3) is 3.26. The molecule has 1 aliphatic carbocycles. The van der Waals surface area contributed by atoms with Crippen LogP contribution in [0.25, 0.3) is 5.78 Å². The summed E-state index contributed by atoms with van der Waals surface area (Å²) in [7, 11) is 0. The molecule has 1 saturated carbocycles. The molecule has 2 heterocycles. The van der Waals surface area contributed by atoms with Crippen molar-refractivity contribution in [3.8, 4) is 0 Å². The largest absolute Gasteiger partial charge is 0.326 e. The van der Waals surface area contributed by atoms with Crippen LogP contribution in [0.5, 0.6) is 0 Å². The lowest BCUT2D eigenvalue weighted by Gasteiger charge is -2.06. The van der Waals surface area contributed by atoms with Gasteiger partial charge in [0.1, 0.15) is 0 Å². The number of aromatic nitrogens is 4. The SMILES string of the molecule is Cc1cc(C)n2nc(C(=O)Nc3ccc(NC(=O)C4CC4)cc3)nc2n1. The normalized spacial score (nSPS) is 13.6. The average Bonchev–Trinajstić information content (AvgIpc) is 3.36. The number of aryl methyl sites for hydroxylation is 2. The minimum Gasteiger partial charge on any atom is -0.326 e. The lowest BCUT2D eigenvalue weighted by Crippen LogP contribution is -2.15. The van der Waals surface area contributed by atoms with Gasteiger partial charge in [0, 0.05) is 28.7 Å². The summed E-state index contributed by atoms with van der Waals surface area (Å²) in [5.74, 6) is 0.232. The number of nitrogens with zero attached hydrogens (tertiary/aromatic N) is 4. The molecule has 1 aromatic carbocycles. The topological polar surface area (TPSA) is 101 Å². The molecule has 2 N–H and O–H groups in total. The Morgan fingerprint density at radius 1 is 1.04 bits per heavy atom. The molecule has 0 spiro atoms. The third-order valence-corrected chi connectivity index (χ3v) is 4.18. The van der Waals surface area contributed by atoms with Crippen molar-refractivity contribution in [3.63, 3.8) is 0 Å². The van der Waals surface area contributed by atoms with E-state index in [1.165, 1.54) is 0 Å². The molecule has 26 heavy (non-hydrogen) atoms. The van der Waals surface area contributed by atoms with E-state index in [0.717, 1.165) is 24.2 Å². The first kappa shape index (κ1) is 16.2. The van der Waals surface area contributed by atoms with Crippen molar-refractivity contribution in [2.24, 2.45) is 5.92 Å². The molecule has 0 bridgehead atoms. The second kappa shape index (κ2) is 6.21. The van der Waals surface area contributed by atoms with Gasteiger partial charge in [0.05, 0.1) is 0 Å².